The molecule has 4 rings (SSSR count). The smallest absolute Gasteiger partial charge is 0.407 e. The third-order valence-corrected chi connectivity index (χ3v) is 5.82. The number of alkyl halides is 1. The first-order valence-electron chi connectivity index (χ1n) is 8.31. The zero-order valence-electron chi connectivity index (χ0n) is 13.9. The lowest BCUT2D eigenvalue weighted by molar-refractivity contribution is 0.112. The number of ether oxygens (including phenoxy) is 1. The fraction of sp³-hybridized carbons (Fsp3) is 0.500. The van der Waals surface area contributed by atoms with Crippen LogP contribution in [-0.2, 0) is 4.74 Å². The monoisotopic (exact) mass is 454 g/mol. The van der Waals surface area contributed by atoms with Crippen LogP contribution in [0.1, 0.15) is 38.4 Å². The van der Waals surface area contributed by atoms with Crippen molar-refractivity contribution in [2.24, 2.45) is 0 Å². The van der Waals surface area contributed by atoms with Gasteiger partial charge in [0.1, 0.15) is 5.82 Å². The fourth-order valence-electron chi connectivity index (χ4n) is 3.42. The predicted molar refractivity (Wildman–Crippen MR) is 101 cm³/mol. The van der Waals surface area contributed by atoms with Crippen molar-refractivity contribution >= 4 is 45.5 Å². The number of hydrogen-bond acceptors (Lipinski definition) is 5. The van der Waals surface area contributed by atoms with E-state index in [1.54, 1.807) is 6.20 Å². The Morgan fingerprint density at radius 2 is 2.28 bits per heavy atom. The van der Waals surface area contributed by atoms with Crippen LogP contribution in [0.3, 0.4) is 0 Å². The van der Waals surface area contributed by atoms with Crippen molar-refractivity contribution in [2.75, 3.05) is 0 Å². The first kappa shape index (κ1) is 16.6. The number of H-pyrrole nitrogens is 1. The van der Waals surface area contributed by atoms with Gasteiger partial charge in [0.2, 0.25) is 0 Å². The van der Waals surface area contributed by atoms with Gasteiger partial charge in [0.05, 0.1) is 17.8 Å². The average molecular weight is 454 g/mol. The number of carbonyl (C=O) groups is 1. The standard InChI is InChI=1S/C16H19IN6O2/c1-8(2)25-16(24)20-9-5-10(11(17)6-9)15-22-21-13-7-19-14-12(23(13)15)3-4-18-14/h3-4,7-11,18H,5-6H2,1-2H3,(H,20,24)/t9-,10+,11-/m1/s1. The van der Waals surface area contributed by atoms with Crippen LogP contribution in [0.15, 0.2) is 18.5 Å². The Balaban J connectivity index is 1.61. The highest BCUT2D eigenvalue weighted by Crippen LogP contribution is 2.39. The van der Waals surface area contributed by atoms with Crippen molar-refractivity contribution in [3.63, 3.8) is 0 Å². The largest absolute Gasteiger partial charge is 0.447 e. The van der Waals surface area contributed by atoms with Crippen LogP contribution in [0.5, 0.6) is 0 Å². The minimum atomic E-state index is -0.354. The van der Waals surface area contributed by atoms with E-state index in [4.69, 9.17) is 4.74 Å². The molecule has 1 aliphatic carbocycles. The molecule has 1 amide bonds. The summed E-state index contributed by atoms with van der Waals surface area (Å²) in [6.45, 7) is 3.69. The maximum atomic E-state index is 11.9. The Hall–Kier alpha value is -1.91. The fourth-order valence-corrected chi connectivity index (χ4v) is 4.65. The van der Waals surface area contributed by atoms with Crippen LogP contribution in [0.4, 0.5) is 4.79 Å². The molecule has 0 saturated heterocycles. The van der Waals surface area contributed by atoms with E-state index in [0.29, 0.717) is 3.92 Å². The Bertz CT molecular complexity index is 920. The Labute approximate surface area is 157 Å². The minimum absolute atomic E-state index is 0.0778. The van der Waals surface area contributed by atoms with Gasteiger partial charge >= 0.3 is 6.09 Å². The number of nitrogens with one attached hydrogen (secondary N) is 2. The first-order valence-corrected chi connectivity index (χ1v) is 9.56. The molecule has 3 aromatic heterocycles. The molecule has 0 aromatic carbocycles. The average Bonchev–Trinajstić information content (AvgIpc) is 3.23. The molecule has 1 saturated carbocycles. The van der Waals surface area contributed by atoms with E-state index in [1.807, 2.05) is 26.1 Å². The van der Waals surface area contributed by atoms with Crippen LogP contribution in [0.25, 0.3) is 16.8 Å². The van der Waals surface area contributed by atoms with E-state index in [1.165, 1.54) is 0 Å². The topological polar surface area (TPSA) is 97.2 Å². The molecule has 0 aliphatic heterocycles. The molecule has 0 radical (unpaired) electrons. The summed E-state index contributed by atoms with van der Waals surface area (Å²) in [6, 6.07) is 2.06. The number of rotatable bonds is 3. The molecule has 1 aliphatic rings. The highest BCUT2D eigenvalue weighted by Gasteiger charge is 2.37. The molecule has 132 valence electrons. The Morgan fingerprint density at radius 3 is 3.08 bits per heavy atom. The zero-order chi connectivity index (χ0) is 17.6. The van der Waals surface area contributed by atoms with Crippen molar-refractivity contribution in [3.8, 4) is 0 Å². The maximum absolute atomic E-state index is 11.9. The summed E-state index contributed by atoms with van der Waals surface area (Å²) >= 11 is 2.44. The van der Waals surface area contributed by atoms with E-state index in [0.717, 1.165) is 35.5 Å². The van der Waals surface area contributed by atoms with Gasteiger partial charge in [-0.25, -0.2) is 9.78 Å². The lowest BCUT2D eigenvalue weighted by atomic mass is 10.1. The van der Waals surface area contributed by atoms with E-state index in [9.17, 15) is 4.79 Å². The summed E-state index contributed by atoms with van der Waals surface area (Å²) in [5.41, 5.74) is 2.52. The number of aromatic amines is 1. The number of amides is 1. The van der Waals surface area contributed by atoms with Gasteiger partial charge in [-0.05, 0) is 32.8 Å². The number of halogens is 1. The first-order chi connectivity index (χ1) is 12.0. The Kier molecular flexibility index (Phi) is 4.26. The quantitative estimate of drug-likeness (QED) is 0.469. The number of hydrogen-bond donors (Lipinski definition) is 2. The molecule has 2 N–H and O–H groups in total. The highest BCUT2D eigenvalue weighted by atomic mass is 127. The molecule has 25 heavy (non-hydrogen) atoms. The van der Waals surface area contributed by atoms with E-state index in [-0.39, 0.29) is 24.2 Å². The normalized spacial score (nSPS) is 23.6. The summed E-state index contributed by atoms with van der Waals surface area (Å²) in [4.78, 5) is 19.4. The van der Waals surface area contributed by atoms with Gasteiger partial charge in [0.15, 0.2) is 11.3 Å². The third-order valence-electron chi connectivity index (χ3n) is 4.45. The molecule has 3 atom stereocenters. The van der Waals surface area contributed by atoms with Crippen LogP contribution in [0, 0.1) is 0 Å². The zero-order valence-corrected chi connectivity index (χ0v) is 16.1. The van der Waals surface area contributed by atoms with Gasteiger partial charge in [-0.2, -0.15) is 0 Å². The van der Waals surface area contributed by atoms with Crippen molar-refractivity contribution in [2.45, 2.75) is 48.7 Å². The van der Waals surface area contributed by atoms with Gasteiger partial charge in [0, 0.05) is 22.1 Å². The number of nitrogens with zero attached hydrogens (tertiary/aromatic N) is 4. The van der Waals surface area contributed by atoms with Crippen molar-refractivity contribution in [3.05, 3.63) is 24.3 Å². The van der Waals surface area contributed by atoms with Crippen LogP contribution in [-0.4, -0.2) is 46.7 Å². The van der Waals surface area contributed by atoms with Gasteiger partial charge in [-0.1, -0.05) is 22.6 Å². The SMILES string of the molecule is CC(C)OC(=O)N[C@H]1C[C@@H](I)[C@@H](c2nnc3cnc4[nH]ccc4n23)C1. The van der Waals surface area contributed by atoms with Gasteiger partial charge in [0.25, 0.3) is 0 Å². The highest BCUT2D eigenvalue weighted by molar-refractivity contribution is 14.1. The summed E-state index contributed by atoms with van der Waals surface area (Å²) in [7, 11) is 0. The molecule has 0 unspecified atom stereocenters. The van der Waals surface area contributed by atoms with Crippen LogP contribution in [0.2, 0.25) is 0 Å². The lowest BCUT2D eigenvalue weighted by Crippen LogP contribution is -2.35. The maximum Gasteiger partial charge on any atom is 0.407 e. The molecule has 3 heterocycles. The van der Waals surface area contributed by atoms with Crippen LogP contribution >= 0.6 is 22.6 Å². The van der Waals surface area contributed by atoms with E-state index in [2.05, 4.69) is 52.5 Å². The van der Waals surface area contributed by atoms with Crippen molar-refractivity contribution < 1.29 is 9.53 Å². The second-order valence-corrected chi connectivity index (χ2v) is 8.21. The van der Waals surface area contributed by atoms with E-state index >= 15 is 0 Å². The summed E-state index contributed by atoms with van der Waals surface area (Å²) < 4.78 is 7.61. The molecule has 3 aromatic rings. The molecule has 0 spiro atoms. The van der Waals surface area contributed by atoms with Crippen molar-refractivity contribution in [1.29, 1.82) is 0 Å². The van der Waals surface area contributed by atoms with Crippen molar-refractivity contribution in [1.82, 2.24) is 29.9 Å². The molecule has 1 fully saturated rings. The minimum Gasteiger partial charge on any atom is -0.447 e. The number of aromatic nitrogens is 5. The summed E-state index contributed by atoms with van der Waals surface area (Å²) in [6.07, 6.45) is 4.81. The Morgan fingerprint density at radius 1 is 1.44 bits per heavy atom. The molecule has 9 heteroatoms. The van der Waals surface area contributed by atoms with E-state index < -0.39 is 0 Å². The summed E-state index contributed by atoms with van der Waals surface area (Å²) in [5, 5.41) is 11.7. The number of alkyl carbamates (subject to hydrolysis) is 1. The second kappa shape index (κ2) is 6.43. The molecule has 8 nitrogen and oxygen atoms in total. The second-order valence-electron chi connectivity index (χ2n) is 6.61. The predicted octanol–water partition coefficient (Wildman–Crippen LogP) is 2.79. The van der Waals surface area contributed by atoms with Crippen LogP contribution < -0.4 is 5.32 Å². The van der Waals surface area contributed by atoms with Gasteiger partial charge < -0.3 is 15.0 Å². The third kappa shape index (κ3) is 3.05. The summed E-state index contributed by atoms with van der Waals surface area (Å²) in [5.74, 6) is 1.13. The van der Waals surface area contributed by atoms with Gasteiger partial charge in [-0.3, -0.25) is 4.40 Å². The number of fused-ring (bicyclic) bond motifs is 3. The lowest BCUT2D eigenvalue weighted by Gasteiger charge is -2.14. The van der Waals surface area contributed by atoms with Gasteiger partial charge in [-0.15, -0.1) is 10.2 Å². The molecule has 0 bridgehead atoms. The molecular formula is C16H19IN6O2. The number of carbonyl (C=O) groups excluding carboxylic acids is 1. The molecular weight excluding hydrogens is 435 g/mol.